The van der Waals surface area contributed by atoms with Crippen molar-refractivity contribution in [3.8, 4) is 11.4 Å². The molecule has 2 aromatic heterocycles. The van der Waals surface area contributed by atoms with Crippen LogP contribution in [0.2, 0.25) is 10.0 Å². The number of hydrogen-bond donors (Lipinski definition) is 1. The minimum atomic E-state index is -0.208. The van der Waals surface area contributed by atoms with Crippen LogP contribution in [-0.2, 0) is 22.6 Å². The summed E-state index contributed by atoms with van der Waals surface area (Å²) in [7, 11) is 0. The fourth-order valence-electron chi connectivity index (χ4n) is 3.28. The Morgan fingerprint density at radius 2 is 2.16 bits per heavy atom. The lowest BCUT2D eigenvalue weighted by Crippen LogP contribution is -2.47. The van der Waals surface area contributed by atoms with Crippen LogP contribution in [-0.4, -0.2) is 68.3 Å². The molecular weight excluding hydrogens is 441 g/mol. The van der Waals surface area contributed by atoms with E-state index in [2.05, 4.69) is 30.6 Å². The summed E-state index contributed by atoms with van der Waals surface area (Å²) in [6.45, 7) is 3.23. The summed E-state index contributed by atoms with van der Waals surface area (Å²) < 4.78 is 5.79. The molecule has 162 valence electrons. The largest absolute Gasteiger partial charge is 0.374 e. The molecule has 0 aliphatic carbocycles. The number of morpholine rings is 1. The van der Waals surface area contributed by atoms with E-state index in [1.54, 1.807) is 24.5 Å². The lowest BCUT2D eigenvalue weighted by atomic mass is 10.2. The number of aromatic nitrogens is 5. The van der Waals surface area contributed by atoms with Crippen LogP contribution in [0, 0.1) is 0 Å². The predicted octanol–water partition coefficient (Wildman–Crippen LogP) is 2.06. The Morgan fingerprint density at radius 1 is 1.26 bits per heavy atom. The number of carbonyl (C=O) groups is 1. The molecule has 0 spiro atoms. The molecular formula is C20H21Cl2N7O2. The molecule has 1 amide bonds. The Morgan fingerprint density at radius 3 is 2.97 bits per heavy atom. The Labute approximate surface area is 189 Å². The molecule has 1 saturated heterocycles. The van der Waals surface area contributed by atoms with Gasteiger partial charge in [-0.3, -0.25) is 14.7 Å². The van der Waals surface area contributed by atoms with Gasteiger partial charge in [0.15, 0.2) is 0 Å². The van der Waals surface area contributed by atoms with Gasteiger partial charge in [-0.1, -0.05) is 29.3 Å². The second-order valence-corrected chi connectivity index (χ2v) is 7.98. The van der Waals surface area contributed by atoms with Crippen molar-refractivity contribution in [2.75, 3.05) is 26.2 Å². The second-order valence-electron chi connectivity index (χ2n) is 7.17. The first kappa shape index (κ1) is 21.6. The first-order valence-corrected chi connectivity index (χ1v) is 10.6. The number of ether oxygens (including phenoxy) is 1. The minimum absolute atomic E-state index is 0.0209. The summed E-state index contributed by atoms with van der Waals surface area (Å²) in [4.78, 5) is 19.8. The number of pyridine rings is 1. The van der Waals surface area contributed by atoms with Crippen molar-refractivity contribution in [1.29, 1.82) is 0 Å². The number of carbonyl (C=O) groups excluding carboxylic acids is 1. The average Bonchev–Trinajstić information content (AvgIpc) is 3.24. The van der Waals surface area contributed by atoms with Gasteiger partial charge in [-0.05, 0) is 35.0 Å². The molecule has 0 bridgehead atoms. The number of halogens is 2. The maximum atomic E-state index is 12.3. The average molecular weight is 462 g/mol. The van der Waals surface area contributed by atoms with Crippen LogP contribution in [0.1, 0.15) is 5.56 Å². The van der Waals surface area contributed by atoms with Crippen LogP contribution in [0.3, 0.4) is 0 Å². The van der Waals surface area contributed by atoms with E-state index in [4.69, 9.17) is 27.9 Å². The summed E-state index contributed by atoms with van der Waals surface area (Å²) in [5.41, 5.74) is 1.83. The van der Waals surface area contributed by atoms with E-state index < -0.39 is 0 Å². The van der Waals surface area contributed by atoms with Gasteiger partial charge in [-0.25, -0.2) is 0 Å². The quantitative estimate of drug-likeness (QED) is 0.574. The monoisotopic (exact) mass is 461 g/mol. The smallest absolute Gasteiger partial charge is 0.243 e. The number of nitrogens with one attached hydrogen (secondary N) is 1. The standard InChI is InChI=1S/C20H21Cl2N7O2/c21-17-4-3-14(8-18(17)22)11-28-6-7-31-16(12-28)10-24-19(30)13-29-26-20(25-27-29)15-2-1-5-23-9-15/h1-5,8-9,16H,6-7,10-13H2,(H,24,30). The molecule has 1 aliphatic rings. The molecule has 0 saturated carbocycles. The van der Waals surface area contributed by atoms with Gasteiger partial charge >= 0.3 is 0 Å². The van der Waals surface area contributed by atoms with Gasteiger partial charge < -0.3 is 10.1 Å². The van der Waals surface area contributed by atoms with E-state index in [1.165, 1.54) is 4.80 Å². The van der Waals surface area contributed by atoms with Crippen molar-refractivity contribution in [2.24, 2.45) is 0 Å². The lowest BCUT2D eigenvalue weighted by molar-refractivity contribution is -0.123. The van der Waals surface area contributed by atoms with Crippen LogP contribution in [0.4, 0.5) is 0 Å². The highest BCUT2D eigenvalue weighted by Gasteiger charge is 2.21. The van der Waals surface area contributed by atoms with Gasteiger partial charge in [0.1, 0.15) is 6.54 Å². The van der Waals surface area contributed by atoms with E-state index >= 15 is 0 Å². The summed E-state index contributed by atoms with van der Waals surface area (Å²) in [6.07, 6.45) is 3.21. The van der Waals surface area contributed by atoms with Crippen LogP contribution < -0.4 is 5.32 Å². The van der Waals surface area contributed by atoms with E-state index in [9.17, 15) is 4.79 Å². The van der Waals surface area contributed by atoms with E-state index in [-0.39, 0.29) is 18.6 Å². The zero-order valence-electron chi connectivity index (χ0n) is 16.6. The number of hydrogen-bond acceptors (Lipinski definition) is 7. The van der Waals surface area contributed by atoms with Crippen LogP contribution in [0.25, 0.3) is 11.4 Å². The fourth-order valence-corrected chi connectivity index (χ4v) is 3.60. The van der Waals surface area contributed by atoms with Gasteiger partial charge in [0, 0.05) is 44.1 Å². The number of tetrazole rings is 1. The molecule has 3 aromatic rings. The molecule has 3 heterocycles. The summed E-state index contributed by atoms with van der Waals surface area (Å²) >= 11 is 12.1. The van der Waals surface area contributed by atoms with Crippen molar-refractivity contribution in [3.63, 3.8) is 0 Å². The number of amides is 1. The van der Waals surface area contributed by atoms with E-state index in [0.717, 1.165) is 24.2 Å². The van der Waals surface area contributed by atoms with E-state index in [1.807, 2.05) is 18.2 Å². The first-order chi connectivity index (χ1) is 15.1. The van der Waals surface area contributed by atoms with Crippen molar-refractivity contribution in [3.05, 3.63) is 58.3 Å². The molecule has 4 rings (SSSR count). The minimum Gasteiger partial charge on any atom is -0.374 e. The fraction of sp³-hybridized carbons (Fsp3) is 0.350. The van der Waals surface area contributed by atoms with Gasteiger partial charge in [-0.15, -0.1) is 10.2 Å². The molecule has 0 radical (unpaired) electrons. The summed E-state index contributed by atoms with van der Waals surface area (Å²) in [6, 6.07) is 9.26. The van der Waals surface area contributed by atoms with Gasteiger partial charge in [0.25, 0.3) is 0 Å². The van der Waals surface area contributed by atoms with Crippen LogP contribution in [0.5, 0.6) is 0 Å². The molecule has 1 N–H and O–H groups in total. The zero-order valence-corrected chi connectivity index (χ0v) is 18.1. The normalized spacial score (nSPS) is 16.9. The van der Waals surface area contributed by atoms with Crippen molar-refractivity contribution < 1.29 is 9.53 Å². The highest BCUT2D eigenvalue weighted by Crippen LogP contribution is 2.23. The molecule has 1 unspecified atom stereocenters. The maximum Gasteiger partial charge on any atom is 0.243 e. The summed E-state index contributed by atoms with van der Waals surface area (Å²) in [5, 5.41) is 16.1. The lowest BCUT2D eigenvalue weighted by Gasteiger charge is -2.33. The van der Waals surface area contributed by atoms with E-state index in [0.29, 0.717) is 35.6 Å². The van der Waals surface area contributed by atoms with Crippen molar-refractivity contribution >= 4 is 29.1 Å². The molecule has 1 fully saturated rings. The molecule has 31 heavy (non-hydrogen) atoms. The molecule has 9 nitrogen and oxygen atoms in total. The van der Waals surface area contributed by atoms with Gasteiger partial charge in [0.05, 0.1) is 22.8 Å². The van der Waals surface area contributed by atoms with Gasteiger partial charge in [-0.2, -0.15) is 4.80 Å². The first-order valence-electron chi connectivity index (χ1n) is 9.79. The predicted molar refractivity (Wildman–Crippen MR) is 116 cm³/mol. The van der Waals surface area contributed by atoms with Crippen LogP contribution in [0.15, 0.2) is 42.7 Å². The summed E-state index contributed by atoms with van der Waals surface area (Å²) in [5.74, 6) is 0.217. The highest BCUT2D eigenvalue weighted by atomic mass is 35.5. The van der Waals surface area contributed by atoms with Crippen molar-refractivity contribution in [1.82, 2.24) is 35.4 Å². The Hall–Kier alpha value is -2.59. The van der Waals surface area contributed by atoms with Crippen LogP contribution >= 0.6 is 23.2 Å². The molecule has 1 aliphatic heterocycles. The number of nitrogens with zero attached hydrogens (tertiary/aromatic N) is 6. The highest BCUT2D eigenvalue weighted by molar-refractivity contribution is 6.42. The SMILES string of the molecule is O=C(Cn1nnc(-c2cccnc2)n1)NCC1CN(Cc2ccc(Cl)c(Cl)c2)CCO1. The van der Waals surface area contributed by atoms with Gasteiger partial charge in [0.2, 0.25) is 11.7 Å². The third kappa shape index (κ3) is 5.98. The maximum absolute atomic E-state index is 12.3. The Balaban J connectivity index is 1.24. The number of rotatable bonds is 7. The molecule has 1 atom stereocenters. The Kier molecular flexibility index (Phi) is 7.08. The third-order valence-corrected chi connectivity index (χ3v) is 5.54. The van der Waals surface area contributed by atoms with Crippen molar-refractivity contribution in [2.45, 2.75) is 19.2 Å². The Bertz CT molecular complexity index is 1030. The zero-order chi connectivity index (χ0) is 21.6. The third-order valence-electron chi connectivity index (χ3n) is 4.80. The number of benzene rings is 1. The molecule has 1 aromatic carbocycles. The topological polar surface area (TPSA) is 98.1 Å². The second kappa shape index (κ2) is 10.1. The molecule has 11 heteroatoms.